The van der Waals surface area contributed by atoms with Gasteiger partial charge in [-0.1, -0.05) is 27.7 Å². The van der Waals surface area contributed by atoms with Crippen LogP contribution in [0.15, 0.2) is 5.38 Å². The molecule has 1 heterocycles. The van der Waals surface area contributed by atoms with Crippen molar-refractivity contribution in [2.45, 2.75) is 34.1 Å². The lowest BCUT2D eigenvalue weighted by molar-refractivity contribution is -0.120. The molecule has 0 spiro atoms. The molecule has 0 bridgehead atoms. The largest absolute Gasteiger partial charge is 0.375 e. The fourth-order valence-electron chi connectivity index (χ4n) is 1.20. The molecular formula is C12H21N3OS. The lowest BCUT2D eigenvalue weighted by Gasteiger charge is -2.27. The summed E-state index contributed by atoms with van der Waals surface area (Å²) in [4.78, 5) is 15.7. The van der Waals surface area contributed by atoms with E-state index in [0.29, 0.717) is 24.0 Å². The van der Waals surface area contributed by atoms with Gasteiger partial charge in [-0.05, 0) is 11.3 Å². The van der Waals surface area contributed by atoms with Gasteiger partial charge < -0.3 is 11.1 Å². The number of aromatic nitrogens is 1. The molecular weight excluding hydrogens is 234 g/mol. The van der Waals surface area contributed by atoms with Gasteiger partial charge in [-0.25, -0.2) is 4.98 Å². The summed E-state index contributed by atoms with van der Waals surface area (Å²) in [6, 6.07) is 0. The van der Waals surface area contributed by atoms with Crippen LogP contribution in [0.4, 0.5) is 5.13 Å². The smallest absolute Gasteiger partial charge is 0.226 e. The Balaban J connectivity index is 2.36. The molecule has 4 nitrogen and oxygen atoms in total. The third-order valence-corrected chi connectivity index (χ3v) is 3.72. The minimum atomic E-state index is 0.00593. The Morgan fingerprint density at radius 2 is 2.24 bits per heavy atom. The SMILES string of the molecule is CC(CNC(=O)Cc1csc(N)n1)C(C)(C)C. The summed E-state index contributed by atoms with van der Waals surface area (Å²) >= 11 is 1.36. The highest BCUT2D eigenvalue weighted by atomic mass is 32.1. The van der Waals surface area contributed by atoms with Crippen LogP contribution in [0.3, 0.4) is 0 Å². The van der Waals surface area contributed by atoms with E-state index in [9.17, 15) is 4.79 Å². The predicted octanol–water partition coefficient (Wildman–Crippen LogP) is 2.07. The van der Waals surface area contributed by atoms with E-state index in [1.165, 1.54) is 11.3 Å². The van der Waals surface area contributed by atoms with Crippen molar-refractivity contribution in [3.05, 3.63) is 11.1 Å². The van der Waals surface area contributed by atoms with Crippen LogP contribution in [-0.4, -0.2) is 17.4 Å². The second-order valence-electron chi connectivity index (χ2n) is 5.43. The van der Waals surface area contributed by atoms with Gasteiger partial charge in [0.05, 0.1) is 12.1 Å². The molecule has 0 aliphatic heterocycles. The first kappa shape index (κ1) is 14.0. The Labute approximate surface area is 107 Å². The highest BCUT2D eigenvalue weighted by Gasteiger charge is 2.20. The van der Waals surface area contributed by atoms with Gasteiger partial charge in [-0.15, -0.1) is 11.3 Å². The van der Waals surface area contributed by atoms with E-state index < -0.39 is 0 Å². The van der Waals surface area contributed by atoms with Gasteiger partial charge >= 0.3 is 0 Å². The summed E-state index contributed by atoms with van der Waals surface area (Å²) in [5, 5.41) is 5.26. The number of nitrogens with two attached hydrogens (primary N) is 1. The van der Waals surface area contributed by atoms with Gasteiger partial charge in [0, 0.05) is 11.9 Å². The first-order chi connectivity index (χ1) is 7.79. The summed E-state index contributed by atoms with van der Waals surface area (Å²) in [5.74, 6) is 0.443. The number of hydrogen-bond donors (Lipinski definition) is 2. The third kappa shape index (κ3) is 4.73. The minimum absolute atomic E-state index is 0.00593. The molecule has 0 aliphatic carbocycles. The van der Waals surface area contributed by atoms with E-state index in [0.717, 1.165) is 5.69 Å². The van der Waals surface area contributed by atoms with Crippen LogP contribution in [0.25, 0.3) is 0 Å². The fraction of sp³-hybridized carbons (Fsp3) is 0.667. The van der Waals surface area contributed by atoms with E-state index in [2.05, 4.69) is 38.0 Å². The van der Waals surface area contributed by atoms with Crippen LogP contribution in [-0.2, 0) is 11.2 Å². The molecule has 1 atom stereocenters. The van der Waals surface area contributed by atoms with Crippen molar-refractivity contribution in [3.8, 4) is 0 Å². The van der Waals surface area contributed by atoms with Gasteiger partial charge in [-0.2, -0.15) is 0 Å². The number of carbonyl (C=O) groups excluding carboxylic acids is 1. The number of rotatable bonds is 4. The maximum Gasteiger partial charge on any atom is 0.226 e. The molecule has 0 saturated heterocycles. The number of carbonyl (C=O) groups is 1. The third-order valence-electron chi connectivity index (χ3n) is 3.00. The second-order valence-corrected chi connectivity index (χ2v) is 6.31. The van der Waals surface area contributed by atoms with Gasteiger partial charge in [0.2, 0.25) is 5.91 Å². The van der Waals surface area contributed by atoms with Crippen LogP contribution >= 0.6 is 11.3 Å². The Hall–Kier alpha value is -1.10. The van der Waals surface area contributed by atoms with E-state index >= 15 is 0 Å². The van der Waals surface area contributed by atoms with E-state index in [-0.39, 0.29) is 11.3 Å². The first-order valence-electron chi connectivity index (χ1n) is 5.75. The summed E-state index contributed by atoms with van der Waals surface area (Å²) in [5.41, 5.74) is 6.46. The fourth-order valence-corrected chi connectivity index (χ4v) is 1.77. The molecule has 1 amide bonds. The highest BCUT2D eigenvalue weighted by Crippen LogP contribution is 2.24. The van der Waals surface area contributed by atoms with Gasteiger partial charge in [-0.3, -0.25) is 4.79 Å². The molecule has 1 aromatic heterocycles. The zero-order chi connectivity index (χ0) is 13.1. The number of hydrogen-bond acceptors (Lipinski definition) is 4. The van der Waals surface area contributed by atoms with Crippen molar-refractivity contribution in [1.29, 1.82) is 0 Å². The maximum atomic E-state index is 11.7. The molecule has 0 aliphatic rings. The summed E-state index contributed by atoms with van der Waals surface area (Å²) < 4.78 is 0. The maximum absolute atomic E-state index is 11.7. The molecule has 1 rings (SSSR count). The standard InChI is InChI=1S/C12H21N3OS/c1-8(12(2,3)4)6-14-10(16)5-9-7-17-11(13)15-9/h7-8H,5-6H2,1-4H3,(H2,13,15)(H,14,16). The van der Waals surface area contributed by atoms with E-state index in [1.807, 2.05) is 5.38 Å². The quantitative estimate of drug-likeness (QED) is 0.865. The Kier molecular flexibility index (Phi) is 4.51. The van der Waals surface area contributed by atoms with Crippen LogP contribution in [0.2, 0.25) is 0 Å². The number of amides is 1. The summed E-state index contributed by atoms with van der Waals surface area (Å²) in [7, 11) is 0. The molecule has 0 fully saturated rings. The van der Waals surface area contributed by atoms with Crippen LogP contribution < -0.4 is 11.1 Å². The lowest BCUT2D eigenvalue weighted by atomic mass is 9.82. The first-order valence-corrected chi connectivity index (χ1v) is 6.63. The topological polar surface area (TPSA) is 68.0 Å². The molecule has 1 unspecified atom stereocenters. The number of thiazole rings is 1. The minimum Gasteiger partial charge on any atom is -0.375 e. The zero-order valence-electron chi connectivity index (χ0n) is 10.9. The van der Waals surface area contributed by atoms with Crippen molar-refractivity contribution < 1.29 is 4.79 Å². The molecule has 17 heavy (non-hydrogen) atoms. The lowest BCUT2D eigenvalue weighted by Crippen LogP contribution is -2.34. The van der Waals surface area contributed by atoms with Crippen LogP contribution in [0, 0.1) is 11.3 Å². The highest BCUT2D eigenvalue weighted by molar-refractivity contribution is 7.13. The molecule has 0 aromatic carbocycles. The average Bonchev–Trinajstić information content (AvgIpc) is 2.58. The monoisotopic (exact) mass is 255 g/mol. The van der Waals surface area contributed by atoms with Crippen molar-refractivity contribution in [2.75, 3.05) is 12.3 Å². The Morgan fingerprint density at radius 1 is 1.59 bits per heavy atom. The Bertz CT molecular complexity index is 381. The normalized spacial score (nSPS) is 13.4. The van der Waals surface area contributed by atoms with Gasteiger partial charge in [0.1, 0.15) is 0 Å². The van der Waals surface area contributed by atoms with Crippen molar-refractivity contribution >= 4 is 22.4 Å². The van der Waals surface area contributed by atoms with Gasteiger partial charge in [0.15, 0.2) is 5.13 Å². The average molecular weight is 255 g/mol. The second kappa shape index (κ2) is 5.49. The molecule has 1 aromatic rings. The van der Waals surface area contributed by atoms with Crippen LogP contribution in [0.5, 0.6) is 0 Å². The summed E-state index contributed by atoms with van der Waals surface area (Å²) in [6.45, 7) is 9.35. The number of nitrogens with one attached hydrogen (secondary N) is 1. The molecule has 0 radical (unpaired) electrons. The summed E-state index contributed by atoms with van der Waals surface area (Å²) in [6.07, 6.45) is 0.310. The number of nitrogen functional groups attached to an aromatic ring is 1. The van der Waals surface area contributed by atoms with Crippen molar-refractivity contribution in [2.24, 2.45) is 11.3 Å². The van der Waals surface area contributed by atoms with Crippen LogP contribution in [0.1, 0.15) is 33.4 Å². The Morgan fingerprint density at radius 3 is 2.71 bits per heavy atom. The number of anilines is 1. The van der Waals surface area contributed by atoms with Gasteiger partial charge in [0.25, 0.3) is 0 Å². The van der Waals surface area contributed by atoms with E-state index in [1.54, 1.807) is 0 Å². The molecule has 96 valence electrons. The van der Waals surface area contributed by atoms with E-state index in [4.69, 9.17) is 5.73 Å². The molecule has 3 N–H and O–H groups in total. The van der Waals surface area contributed by atoms with Crippen molar-refractivity contribution in [3.63, 3.8) is 0 Å². The molecule has 5 heteroatoms. The predicted molar refractivity (Wildman–Crippen MR) is 71.9 cm³/mol. The molecule has 0 saturated carbocycles. The van der Waals surface area contributed by atoms with Crippen molar-refractivity contribution in [1.82, 2.24) is 10.3 Å². The number of nitrogens with zero attached hydrogens (tertiary/aromatic N) is 1. The zero-order valence-corrected chi connectivity index (χ0v) is 11.7.